The van der Waals surface area contributed by atoms with Crippen LogP contribution in [-0.2, 0) is 6.61 Å². The third-order valence-electron chi connectivity index (χ3n) is 2.80. The van der Waals surface area contributed by atoms with Gasteiger partial charge in [0.05, 0.1) is 16.2 Å². The van der Waals surface area contributed by atoms with E-state index in [1.165, 1.54) is 12.1 Å². The number of halogens is 2. The Morgan fingerprint density at radius 1 is 1.24 bits per heavy atom. The number of carbonyl (C=O) groups is 1. The summed E-state index contributed by atoms with van der Waals surface area (Å²) in [5.41, 5.74) is 0.977. The molecule has 0 aromatic heterocycles. The number of hydrogen-bond acceptors (Lipinski definition) is 3. The number of methoxy groups -OCH3 is 1. The second-order valence-corrected chi connectivity index (χ2v) is 5.79. The van der Waals surface area contributed by atoms with Gasteiger partial charge in [0.25, 0.3) is 0 Å². The molecule has 0 heterocycles. The maximum atomic E-state index is 11.0. The summed E-state index contributed by atoms with van der Waals surface area (Å²) in [4.78, 5) is 11.0. The zero-order valence-corrected chi connectivity index (χ0v) is 14.0. The van der Waals surface area contributed by atoms with Gasteiger partial charge in [0, 0.05) is 10.6 Å². The average Bonchev–Trinajstić information content (AvgIpc) is 2.46. The molecule has 110 valence electrons. The van der Waals surface area contributed by atoms with Crippen molar-refractivity contribution in [2.45, 2.75) is 6.61 Å². The predicted molar refractivity (Wildman–Crippen MR) is 88.5 cm³/mol. The van der Waals surface area contributed by atoms with Crippen molar-refractivity contribution in [1.29, 1.82) is 0 Å². The molecule has 0 aliphatic heterocycles. The summed E-state index contributed by atoms with van der Waals surface area (Å²) >= 11 is 8.06. The number of ether oxygens (including phenoxy) is 2. The Labute approximate surface area is 140 Å². The molecule has 0 atom stereocenters. The van der Waals surface area contributed by atoms with Gasteiger partial charge < -0.3 is 14.6 Å². The molecule has 0 saturated heterocycles. The van der Waals surface area contributed by atoms with Crippen LogP contribution in [0.2, 0.25) is 5.02 Å². The van der Waals surface area contributed by atoms with E-state index in [1.54, 1.807) is 31.4 Å². The molecule has 2 aromatic rings. The van der Waals surface area contributed by atoms with Crippen LogP contribution in [0.5, 0.6) is 11.5 Å². The molecule has 4 nitrogen and oxygen atoms in total. The second-order valence-electron chi connectivity index (χ2n) is 4.20. The van der Waals surface area contributed by atoms with E-state index >= 15 is 0 Å². The highest BCUT2D eigenvalue weighted by atomic mass is 127. The fourth-order valence-electron chi connectivity index (χ4n) is 1.76. The molecule has 0 saturated carbocycles. The van der Waals surface area contributed by atoms with Crippen molar-refractivity contribution in [3.8, 4) is 11.5 Å². The van der Waals surface area contributed by atoms with Crippen molar-refractivity contribution in [1.82, 2.24) is 0 Å². The van der Waals surface area contributed by atoms with Gasteiger partial charge in [0.15, 0.2) is 0 Å². The number of carboxylic acids is 1. The lowest BCUT2D eigenvalue weighted by Gasteiger charge is -2.12. The monoisotopic (exact) mass is 418 g/mol. The number of carboxylic acid groups (broad SMARTS) is 1. The number of rotatable bonds is 5. The number of hydrogen-bond donors (Lipinski definition) is 1. The molecule has 0 radical (unpaired) electrons. The Hall–Kier alpha value is -1.47. The average molecular weight is 419 g/mol. The van der Waals surface area contributed by atoms with Crippen LogP contribution < -0.4 is 9.47 Å². The topological polar surface area (TPSA) is 55.8 Å². The molecule has 2 rings (SSSR count). The summed E-state index contributed by atoms with van der Waals surface area (Å²) in [7, 11) is 1.57. The van der Waals surface area contributed by atoms with Gasteiger partial charge in [0.1, 0.15) is 18.1 Å². The lowest BCUT2D eigenvalue weighted by atomic mass is 10.2. The first-order valence-corrected chi connectivity index (χ1v) is 7.45. The van der Waals surface area contributed by atoms with E-state index in [1.807, 2.05) is 0 Å². The summed E-state index contributed by atoms with van der Waals surface area (Å²) in [5.74, 6) is 0.193. The Morgan fingerprint density at radius 3 is 2.67 bits per heavy atom. The van der Waals surface area contributed by atoms with Gasteiger partial charge >= 0.3 is 5.97 Å². The smallest absolute Gasteiger partial charge is 0.335 e. The summed E-state index contributed by atoms with van der Waals surface area (Å²) < 4.78 is 11.8. The fraction of sp³-hybridized carbons (Fsp3) is 0.133. The maximum Gasteiger partial charge on any atom is 0.335 e. The minimum atomic E-state index is -0.989. The molecule has 2 aromatic carbocycles. The molecule has 0 aliphatic carbocycles. The van der Waals surface area contributed by atoms with Crippen molar-refractivity contribution in [2.24, 2.45) is 0 Å². The minimum Gasteiger partial charge on any atom is -0.496 e. The van der Waals surface area contributed by atoms with Crippen LogP contribution in [-0.4, -0.2) is 18.2 Å². The van der Waals surface area contributed by atoms with Crippen LogP contribution in [0.15, 0.2) is 36.4 Å². The summed E-state index contributed by atoms with van der Waals surface area (Å²) in [6, 6.07) is 10.00. The zero-order chi connectivity index (χ0) is 15.4. The molecule has 6 heteroatoms. The summed E-state index contributed by atoms with van der Waals surface area (Å²) in [6.07, 6.45) is 0. The Bertz CT molecular complexity index is 673. The van der Waals surface area contributed by atoms with Gasteiger partial charge in [-0.3, -0.25) is 0 Å². The van der Waals surface area contributed by atoms with Crippen molar-refractivity contribution in [3.05, 3.63) is 56.1 Å². The van der Waals surface area contributed by atoms with E-state index in [-0.39, 0.29) is 12.2 Å². The predicted octanol–water partition coefficient (Wildman–Crippen LogP) is 4.23. The number of aromatic carboxylic acids is 1. The van der Waals surface area contributed by atoms with E-state index in [9.17, 15) is 4.79 Å². The Kier molecular flexibility index (Phi) is 5.30. The largest absolute Gasteiger partial charge is 0.496 e. The van der Waals surface area contributed by atoms with Crippen LogP contribution in [0.1, 0.15) is 15.9 Å². The lowest BCUT2D eigenvalue weighted by molar-refractivity contribution is 0.0696. The standard InChI is InChI=1S/C15H12ClIO4/c1-20-13-5-3-11(16)6-10(13)8-21-14-7-9(15(18)19)2-4-12(14)17/h2-7H,8H2,1H3,(H,18,19). The Balaban J connectivity index is 2.22. The highest BCUT2D eigenvalue weighted by Gasteiger charge is 2.10. The molecule has 21 heavy (non-hydrogen) atoms. The molecule has 0 aliphatic rings. The minimum absolute atomic E-state index is 0.184. The lowest BCUT2D eigenvalue weighted by Crippen LogP contribution is -2.02. The van der Waals surface area contributed by atoms with Crippen molar-refractivity contribution >= 4 is 40.2 Å². The SMILES string of the molecule is COc1ccc(Cl)cc1COc1cc(C(=O)O)ccc1I. The summed E-state index contributed by atoms with van der Waals surface area (Å²) in [5, 5.41) is 9.59. The van der Waals surface area contributed by atoms with Gasteiger partial charge in [-0.15, -0.1) is 0 Å². The van der Waals surface area contributed by atoms with Gasteiger partial charge in [-0.1, -0.05) is 11.6 Å². The highest BCUT2D eigenvalue weighted by molar-refractivity contribution is 14.1. The third kappa shape index (κ3) is 4.01. The molecule has 0 amide bonds. The first-order chi connectivity index (χ1) is 10.0. The van der Waals surface area contributed by atoms with E-state index in [2.05, 4.69) is 22.6 Å². The normalized spacial score (nSPS) is 10.2. The van der Waals surface area contributed by atoms with Crippen LogP contribution in [0.3, 0.4) is 0 Å². The van der Waals surface area contributed by atoms with Crippen molar-refractivity contribution < 1.29 is 19.4 Å². The van der Waals surface area contributed by atoms with Gasteiger partial charge in [-0.05, 0) is 59.0 Å². The van der Waals surface area contributed by atoms with Crippen LogP contribution in [0, 0.1) is 3.57 Å². The highest BCUT2D eigenvalue weighted by Crippen LogP contribution is 2.27. The van der Waals surface area contributed by atoms with E-state index in [0.717, 1.165) is 9.13 Å². The fourth-order valence-corrected chi connectivity index (χ4v) is 2.45. The van der Waals surface area contributed by atoms with Crippen molar-refractivity contribution in [2.75, 3.05) is 7.11 Å². The van der Waals surface area contributed by atoms with Gasteiger partial charge in [0.2, 0.25) is 0 Å². The molecular weight excluding hydrogens is 407 g/mol. The Morgan fingerprint density at radius 2 is 2.00 bits per heavy atom. The molecule has 0 unspecified atom stereocenters. The first-order valence-electron chi connectivity index (χ1n) is 5.99. The molecular formula is C15H12ClIO4. The molecule has 0 spiro atoms. The second kappa shape index (κ2) is 7.00. The van der Waals surface area contributed by atoms with Crippen LogP contribution in [0.4, 0.5) is 0 Å². The van der Waals surface area contributed by atoms with Gasteiger partial charge in [-0.2, -0.15) is 0 Å². The van der Waals surface area contributed by atoms with Crippen molar-refractivity contribution in [3.63, 3.8) is 0 Å². The zero-order valence-electron chi connectivity index (χ0n) is 11.1. The third-order valence-corrected chi connectivity index (χ3v) is 3.93. The molecule has 0 bridgehead atoms. The summed E-state index contributed by atoms with van der Waals surface area (Å²) in [6.45, 7) is 0.239. The first kappa shape index (κ1) is 15.9. The van der Waals surface area contributed by atoms with Gasteiger partial charge in [-0.25, -0.2) is 4.79 Å². The van der Waals surface area contributed by atoms with E-state index in [4.69, 9.17) is 26.2 Å². The maximum absolute atomic E-state index is 11.0. The van der Waals surface area contributed by atoms with Crippen LogP contribution in [0.25, 0.3) is 0 Å². The van der Waals surface area contributed by atoms with E-state index < -0.39 is 5.97 Å². The molecule has 0 fully saturated rings. The van der Waals surface area contributed by atoms with Crippen LogP contribution >= 0.6 is 34.2 Å². The molecule has 1 N–H and O–H groups in total. The van der Waals surface area contributed by atoms with E-state index in [0.29, 0.717) is 16.5 Å². The number of benzene rings is 2. The quantitative estimate of drug-likeness (QED) is 0.738.